The number of quaternary nitrogens is 1. The molecule has 0 aliphatic rings. The highest BCUT2D eigenvalue weighted by molar-refractivity contribution is 7.47. The fourth-order valence-corrected chi connectivity index (χ4v) is 8.06. The number of rotatable bonds is 47. The number of carbonyl (C=O) groups is 1. The van der Waals surface area contributed by atoms with Gasteiger partial charge in [-0.1, -0.05) is 226 Å². The first-order chi connectivity index (χ1) is 27.6. The molecule has 0 radical (unpaired) electrons. The summed E-state index contributed by atoms with van der Waals surface area (Å²) in [6, 6.07) is 0. The Labute approximate surface area is 355 Å². The molecule has 342 valence electrons. The van der Waals surface area contributed by atoms with E-state index in [4.69, 9.17) is 18.5 Å². The summed E-state index contributed by atoms with van der Waals surface area (Å²) >= 11 is 0. The second kappa shape index (κ2) is 42.2. The zero-order valence-corrected chi connectivity index (χ0v) is 39.8. The molecule has 0 aliphatic heterocycles. The van der Waals surface area contributed by atoms with E-state index in [-0.39, 0.29) is 25.8 Å². The number of likely N-dealkylation sites (N-methyl/N-ethyl adjacent to an activating group) is 1. The number of ether oxygens (including phenoxy) is 2. The van der Waals surface area contributed by atoms with Crippen molar-refractivity contribution in [1.82, 2.24) is 0 Å². The predicted octanol–water partition coefficient (Wildman–Crippen LogP) is 14.8. The molecule has 1 N–H and O–H groups in total. The Kier molecular flexibility index (Phi) is 41.8. The molecule has 9 heteroatoms. The van der Waals surface area contributed by atoms with Gasteiger partial charge in [0.15, 0.2) is 0 Å². The summed E-state index contributed by atoms with van der Waals surface area (Å²) in [5.74, 6) is -0.311. The molecule has 0 aromatic carbocycles. The van der Waals surface area contributed by atoms with Crippen molar-refractivity contribution in [2.75, 3.05) is 54.1 Å². The van der Waals surface area contributed by atoms with Crippen molar-refractivity contribution in [3.05, 3.63) is 0 Å². The second-order valence-corrected chi connectivity index (χ2v) is 19.7. The lowest BCUT2D eigenvalue weighted by Gasteiger charge is -2.24. The molecule has 8 nitrogen and oxygen atoms in total. The average Bonchev–Trinajstić information content (AvgIpc) is 3.16. The molecule has 0 rings (SSSR count). The molecule has 0 heterocycles. The first kappa shape index (κ1) is 56.5. The summed E-state index contributed by atoms with van der Waals surface area (Å²) in [5.41, 5.74) is 0. The molecule has 0 saturated heterocycles. The quantitative estimate of drug-likeness (QED) is 0.0283. The van der Waals surface area contributed by atoms with Crippen molar-refractivity contribution >= 4 is 13.8 Å². The first-order valence-electron chi connectivity index (χ1n) is 24.8. The highest BCUT2D eigenvalue weighted by Gasteiger charge is 2.26. The lowest BCUT2D eigenvalue weighted by molar-refractivity contribution is -0.870. The number of hydrogen-bond acceptors (Lipinski definition) is 6. The van der Waals surface area contributed by atoms with Gasteiger partial charge in [-0.15, -0.1) is 0 Å². The topological polar surface area (TPSA) is 91.3 Å². The summed E-state index contributed by atoms with van der Waals surface area (Å²) in [6.45, 7) is 5.66. The summed E-state index contributed by atoms with van der Waals surface area (Å²) in [6.07, 6.45) is 46.0. The first-order valence-corrected chi connectivity index (χ1v) is 26.3. The molecule has 0 spiro atoms. The Bertz CT molecular complexity index is 883. The molecule has 0 bridgehead atoms. The van der Waals surface area contributed by atoms with Crippen LogP contribution in [0.2, 0.25) is 0 Å². The van der Waals surface area contributed by atoms with Gasteiger partial charge in [-0.3, -0.25) is 13.8 Å². The molecular weight excluding hydrogens is 734 g/mol. The number of phosphoric acid groups is 1. The van der Waals surface area contributed by atoms with Crippen LogP contribution in [-0.4, -0.2) is 75.6 Å². The van der Waals surface area contributed by atoms with Gasteiger partial charge in [0, 0.05) is 13.0 Å². The van der Waals surface area contributed by atoms with Gasteiger partial charge in [-0.2, -0.15) is 0 Å². The van der Waals surface area contributed by atoms with E-state index >= 15 is 0 Å². The molecule has 2 atom stereocenters. The van der Waals surface area contributed by atoms with Gasteiger partial charge in [0.25, 0.3) is 0 Å². The van der Waals surface area contributed by atoms with Gasteiger partial charge in [-0.05, 0) is 12.8 Å². The zero-order valence-electron chi connectivity index (χ0n) is 38.9. The Morgan fingerprint density at radius 1 is 0.474 bits per heavy atom. The maximum atomic E-state index is 12.6. The van der Waals surface area contributed by atoms with Crippen LogP contribution in [0.1, 0.15) is 245 Å². The lowest BCUT2D eigenvalue weighted by Crippen LogP contribution is -2.37. The molecule has 0 fully saturated rings. The van der Waals surface area contributed by atoms with Crippen molar-refractivity contribution in [2.24, 2.45) is 0 Å². The molecule has 0 aliphatic carbocycles. The van der Waals surface area contributed by atoms with E-state index in [1.54, 1.807) is 0 Å². The fourth-order valence-electron chi connectivity index (χ4n) is 7.32. The van der Waals surface area contributed by atoms with Crippen molar-refractivity contribution in [2.45, 2.75) is 251 Å². The SMILES string of the molecule is CCCCCCCCCCCCCCCCCCCCCCCCCCCCOCC(COP(=O)(O)OCC[N+](C)(C)C)OC(=O)CCCCCCCCCCC. The number of carbonyl (C=O) groups excluding carboxylic acids is 1. The number of esters is 1. The standard InChI is InChI=1S/C48H98NO7P/c1-6-8-10-12-14-16-17-18-19-20-21-22-23-24-25-26-27-28-29-30-31-32-34-36-38-40-43-53-45-47(46-55-57(51,52)54-44-42-49(3,4)5)56-48(50)41-39-37-35-33-15-13-11-9-7-2/h47H,6-46H2,1-5H3/p+1. The van der Waals surface area contributed by atoms with Crippen LogP contribution in [0, 0.1) is 0 Å². The molecule has 2 unspecified atom stereocenters. The van der Waals surface area contributed by atoms with Gasteiger partial charge < -0.3 is 18.9 Å². The molecule has 0 saturated carbocycles. The van der Waals surface area contributed by atoms with Gasteiger partial charge in [-0.25, -0.2) is 4.57 Å². The molecule has 0 aromatic heterocycles. The van der Waals surface area contributed by atoms with Crippen molar-refractivity contribution < 1.29 is 37.3 Å². The summed E-state index contributed by atoms with van der Waals surface area (Å²) < 4.78 is 35.0. The van der Waals surface area contributed by atoms with Crippen LogP contribution in [0.15, 0.2) is 0 Å². The minimum Gasteiger partial charge on any atom is -0.457 e. The van der Waals surface area contributed by atoms with Crippen molar-refractivity contribution in [3.63, 3.8) is 0 Å². The van der Waals surface area contributed by atoms with E-state index < -0.39 is 13.9 Å². The van der Waals surface area contributed by atoms with Gasteiger partial charge >= 0.3 is 13.8 Å². The van der Waals surface area contributed by atoms with Gasteiger partial charge in [0.05, 0.1) is 34.4 Å². The Morgan fingerprint density at radius 2 is 0.807 bits per heavy atom. The van der Waals surface area contributed by atoms with Crippen LogP contribution in [0.5, 0.6) is 0 Å². The van der Waals surface area contributed by atoms with E-state index in [1.807, 2.05) is 21.1 Å². The zero-order chi connectivity index (χ0) is 42.0. The summed E-state index contributed by atoms with van der Waals surface area (Å²) in [7, 11) is 1.69. The Morgan fingerprint density at radius 3 is 1.16 bits per heavy atom. The number of nitrogens with zero attached hydrogens (tertiary/aromatic N) is 1. The molecule has 57 heavy (non-hydrogen) atoms. The normalized spacial score (nSPS) is 13.6. The number of hydrogen-bond donors (Lipinski definition) is 1. The van der Waals surface area contributed by atoms with Crippen LogP contribution >= 0.6 is 7.82 Å². The third-order valence-electron chi connectivity index (χ3n) is 11.2. The third-order valence-corrected chi connectivity index (χ3v) is 12.2. The molecular formula is C48H99NO7P+. The van der Waals surface area contributed by atoms with Gasteiger partial charge in [0.1, 0.15) is 19.3 Å². The van der Waals surface area contributed by atoms with E-state index in [1.165, 1.54) is 193 Å². The highest BCUT2D eigenvalue weighted by Crippen LogP contribution is 2.43. The predicted molar refractivity (Wildman–Crippen MR) is 243 cm³/mol. The maximum Gasteiger partial charge on any atom is 0.472 e. The van der Waals surface area contributed by atoms with E-state index in [9.17, 15) is 14.3 Å². The largest absolute Gasteiger partial charge is 0.472 e. The summed E-state index contributed by atoms with van der Waals surface area (Å²) in [4.78, 5) is 22.8. The van der Waals surface area contributed by atoms with Gasteiger partial charge in [0.2, 0.25) is 0 Å². The average molecular weight is 833 g/mol. The minimum absolute atomic E-state index is 0.0937. The Hall–Kier alpha value is -0.500. The number of unbranched alkanes of at least 4 members (excludes halogenated alkanes) is 33. The van der Waals surface area contributed by atoms with Crippen LogP contribution in [0.4, 0.5) is 0 Å². The molecule has 0 amide bonds. The van der Waals surface area contributed by atoms with E-state index in [0.717, 1.165) is 32.1 Å². The number of phosphoric ester groups is 1. The van der Waals surface area contributed by atoms with E-state index in [0.29, 0.717) is 24.1 Å². The maximum absolute atomic E-state index is 12.6. The summed E-state index contributed by atoms with van der Waals surface area (Å²) in [5, 5.41) is 0. The fraction of sp³-hybridized carbons (Fsp3) is 0.979. The van der Waals surface area contributed by atoms with E-state index in [2.05, 4.69) is 13.8 Å². The minimum atomic E-state index is -4.26. The van der Waals surface area contributed by atoms with Crippen LogP contribution in [0.3, 0.4) is 0 Å². The Balaban J connectivity index is 3.91. The monoisotopic (exact) mass is 833 g/mol. The van der Waals surface area contributed by atoms with Crippen molar-refractivity contribution in [3.8, 4) is 0 Å². The molecule has 0 aromatic rings. The highest BCUT2D eigenvalue weighted by atomic mass is 31.2. The second-order valence-electron chi connectivity index (χ2n) is 18.2. The van der Waals surface area contributed by atoms with Crippen LogP contribution in [-0.2, 0) is 27.9 Å². The lowest BCUT2D eigenvalue weighted by atomic mass is 10.0. The third kappa shape index (κ3) is 46.4. The van der Waals surface area contributed by atoms with Crippen LogP contribution < -0.4 is 0 Å². The smallest absolute Gasteiger partial charge is 0.457 e. The van der Waals surface area contributed by atoms with Crippen molar-refractivity contribution in [1.29, 1.82) is 0 Å². The van der Waals surface area contributed by atoms with Crippen LogP contribution in [0.25, 0.3) is 0 Å².